The summed E-state index contributed by atoms with van der Waals surface area (Å²) in [6, 6.07) is 6.28. The highest BCUT2D eigenvalue weighted by atomic mass is 16.5. The van der Waals surface area contributed by atoms with Crippen LogP contribution in [0.5, 0.6) is 5.75 Å². The lowest BCUT2D eigenvalue weighted by atomic mass is 9.52. The van der Waals surface area contributed by atoms with Crippen LogP contribution < -0.4 is 4.74 Å². The maximum absolute atomic E-state index is 7.78. The number of hydrogen-bond donors (Lipinski definition) is 0. The molecule has 114 valence electrons. The Morgan fingerprint density at radius 2 is 2.38 bits per heavy atom. The van der Waals surface area contributed by atoms with Crippen LogP contribution in [-0.2, 0) is 11.8 Å². The second-order valence-corrected chi connectivity index (χ2v) is 7.03. The first kappa shape index (κ1) is 9.19. The maximum atomic E-state index is 7.78. The van der Waals surface area contributed by atoms with Crippen molar-refractivity contribution < 1.29 is 11.6 Å². The minimum Gasteiger partial charge on any atom is -0.494 e. The third-order valence-corrected chi connectivity index (χ3v) is 6.25. The zero-order valence-corrected chi connectivity index (χ0v) is 12.7. The van der Waals surface area contributed by atoms with E-state index in [1.54, 1.807) is 6.07 Å². The minimum atomic E-state index is -2.81. The van der Waals surface area contributed by atoms with E-state index in [0.717, 1.165) is 19.4 Å². The summed E-state index contributed by atoms with van der Waals surface area (Å²) in [6.45, 7) is -4.41. The van der Waals surface area contributed by atoms with Gasteiger partial charge < -0.3 is 9.64 Å². The lowest BCUT2D eigenvalue weighted by Crippen LogP contribution is -2.59. The van der Waals surface area contributed by atoms with Crippen molar-refractivity contribution in [3.63, 3.8) is 0 Å². The molecule has 1 aromatic rings. The Morgan fingerprint density at radius 1 is 1.43 bits per heavy atom. The molecular formula is C19H27NO. The van der Waals surface area contributed by atoms with E-state index < -0.39 is 13.4 Å². The van der Waals surface area contributed by atoms with Crippen LogP contribution in [0.15, 0.2) is 18.2 Å². The van der Waals surface area contributed by atoms with Crippen LogP contribution in [0, 0.1) is 5.92 Å². The summed E-state index contributed by atoms with van der Waals surface area (Å²) >= 11 is 0. The molecule has 3 atom stereocenters. The first-order valence-electron chi connectivity index (χ1n) is 10.7. The van der Waals surface area contributed by atoms with Gasteiger partial charge >= 0.3 is 0 Å². The van der Waals surface area contributed by atoms with Gasteiger partial charge in [-0.2, -0.15) is 0 Å². The normalized spacial score (nSPS) is 39.8. The fourth-order valence-corrected chi connectivity index (χ4v) is 5.30. The van der Waals surface area contributed by atoms with Crippen LogP contribution in [-0.4, -0.2) is 31.1 Å². The molecule has 1 unspecified atom stereocenters. The van der Waals surface area contributed by atoms with Crippen molar-refractivity contribution in [3.05, 3.63) is 29.3 Å². The Kier molecular flexibility index (Phi) is 2.20. The third kappa shape index (κ3) is 1.95. The van der Waals surface area contributed by atoms with Crippen molar-refractivity contribution in [2.24, 2.45) is 5.92 Å². The van der Waals surface area contributed by atoms with Crippen LogP contribution in [0.25, 0.3) is 0 Å². The average Bonchev–Trinajstić information content (AvgIpc) is 2.57. The van der Waals surface area contributed by atoms with Gasteiger partial charge in [0.15, 0.2) is 0 Å². The lowest BCUT2D eigenvalue weighted by molar-refractivity contribution is 0.00271. The quantitative estimate of drug-likeness (QED) is 0.822. The fraction of sp³-hybridized carbons (Fsp3) is 0.684. The molecule has 2 aliphatic carbocycles. The molecule has 0 amide bonds. The summed E-state index contributed by atoms with van der Waals surface area (Å²) in [5, 5.41) is 0. The van der Waals surface area contributed by atoms with E-state index >= 15 is 0 Å². The Balaban J connectivity index is 1.74. The van der Waals surface area contributed by atoms with Crippen molar-refractivity contribution in [2.75, 3.05) is 20.2 Å². The Labute approximate surface area is 135 Å². The summed E-state index contributed by atoms with van der Waals surface area (Å²) in [5.41, 5.74) is 2.75. The van der Waals surface area contributed by atoms with Gasteiger partial charge in [0.25, 0.3) is 0 Å². The van der Waals surface area contributed by atoms with E-state index in [4.69, 9.17) is 11.6 Å². The number of likely N-dealkylation sites (tertiary alicyclic amines) is 1. The molecule has 0 aromatic heterocycles. The van der Waals surface area contributed by atoms with Gasteiger partial charge in [0, 0.05) is 15.6 Å². The maximum Gasteiger partial charge on any atom is 0.119 e. The van der Waals surface area contributed by atoms with Crippen molar-refractivity contribution in [1.29, 1.82) is 0 Å². The molecule has 2 fully saturated rings. The number of piperidine rings is 1. The number of ether oxygens (including phenoxy) is 1. The molecule has 2 heteroatoms. The van der Waals surface area contributed by atoms with Gasteiger partial charge in [0.05, 0.1) is 9.30 Å². The largest absolute Gasteiger partial charge is 0.494 e. The van der Waals surface area contributed by atoms with Crippen LogP contribution in [0.3, 0.4) is 0 Å². The van der Waals surface area contributed by atoms with Gasteiger partial charge in [-0.05, 0) is 75.3 Å². The van der Waals surface area contributed by atoms with Gasteiger partial charge in [-0.1, -0.05) is 18.9 Å². The molecule has 1 saturated carbocycles. The van der Waals surface area contributed by atoms with Crippen molar-refractivity contribution in [2.45, 2.75) is 56.8 Å². The number of benzene rings is 1. The standard InChI is InChI=1S/C19H27NO/c1-3-21-15-8-7-14-12-18-16-6-4-5-9-19(16,17(14)13-15)10-11-20(18)2/h7-8,13,16,18H,3-6,9-12H2,1-2H3/t16-,18+,19?/m1/s1/i1D3,3D2. The van der Waals surface area contributed by atoms with Crippen LogP contribution >= 0.6 is 0 Å². The van der Waals surface area contributed by atoms with E-state index in [9.17, 15) is 0 Å². The van der Waals surface area contributed by atoms with E-state index in [2.05, 4.69) is 11.9 Å². The average molecular weight is 290 g/mol. The molecule has 0 spiro atoms. The summed E-state index contributed by atoms with van der Waals surface area (Å²) in [7, 11) is 2.23. The van der Waals surface area contributed by atoms with E-state index in [1.807, 2.05) is 12.1 Å². The zero-order valence-electron chi connectivity index (χ0n) is 17.7. The molecule has 0 N–H and O–H groups in total. The highest BCUT2D eigenvalue weighted by molar-refractivity contribution is 5.45. The summed E-state index contributed by atoms with van der Waals surface area (Å²) in [6.07, 6.45) is 7.07. The van der Waals surface area contributed by atoms with Gasteiger partial charge in [-0.15, -0.1) is 0 Å². The van der Waals surface area contributed by atoms with Crippen molar-refractivity contribution >= 4 is 0 Å². The van der Waals surface area contributed by atoms with E-state index in [-0.39, 0.29) is 5.41 Å². The Bertz CT molecular complexity index is 704. The van der Waals surface area contributed by atoms with Crippen LogP contribution in [0.4, 0.5) is 0 Å². The number of fused-ring (bicyclic) bond motifs is 1. The molecule has 1 aromatic carbocycles. The number of rotatable bonds is 2. The van der Waals surface area contributed by atoms with Crippen LogP contribution in [0.1, 0.15) is 56.9 Å². The van der Waals surface area contributed by atoms with E-state index in [0.29, 0.717) is 17.7 Å². The molecule has 1 aliphatic heterocycles. The Morgan fingerprint density at radius 3 is 3.29 bits per heavy atom. The number of likely N-dealkylation sites (N-methyl/N-ethyl adjacent to an activating group) is 1. The summed E-state index contributed by atoms with van der Waals surface area (Å²) in [5.74, 6) is 0.970. The van der Waals surface area contributed by atoms with Gasteiger partial charge in [0.1, 0.15) is 5.75 Å². The van der Waals surface area contributed by atoms with Crippen LogP contribution in [0.2, 0.25) is 0 Å². The molecule has 0 radical (unpaired) electrons. The smallest absolute Gasteiger partial charge is 0.119 e. The lowest BCUT2D eigenvalue weighted by Gasteiger charge is -2.58. The molecule has 1 saturated heterocycles. The first-order valence-corrected chi connectivity index (χ1v) is 8.17. The summed E-state index contributed by atoms with van der Waals surface area (Å²) in [4.78, 5) is 2.51. The molecule has 21 heavy (non-hydrogen) atoms. The molecule has 1 heterocycles. The SMILES string of the molecule is [2H]C([2H])([2H])C([2H])([2H])Oc1ccc2c(c1)C13CCCC[C@@H]1[C@H](C2)N(C)CC3. The highest BCUT2D eigenvalue weighted by Crippen LogP contribution is 2.55. The van der Waals surface area contributed by atoms with Crippen molar-refractivity contribution in [1.82, 2.24) is 4.90 Å². The second-order valence-electron chi connectivity index (χ2n) is 7.03. The number of hydrogen-bond acceptors (Lipinski definition) is 2. The van der Waals surface area contributed by atoms with Gasteiger partial charge in [-0.25, -0.2) is 0 Å². The van der Waals surface area contributed by atoms with Crippen molar-refractivity contribution in [3.8, 4) is 5.75 Å². The fourth-order valence-electron chi connectivity index (χ4n) is 5.30. The highest BCUT2D eigenvalue weighted by Gasteiger charge is 2.53. The molecule has 2 nitrogen and oxygen atoms in total. The monoisotopic (exact) mass is 290 g/mol. The van der Waals surface area contributed by atoms with Gasteiger partial charge in [0.2, 0.25) is 0 Å². The molecular weight excluding hydrogens is 258 g/mol. The minimum absolute atomic E-state index is 0.148. The predicted octanol–water partition coefficient (Wildman–Crippen LogP) is 3.77. The zero-order chi connectivity index (χ0) is 18.7. The molecule has 4 rings (SSSR count). The number of nitrogens with zero attached hydrogens (tertiary/aromatic N) is 1. The third-order valence-electron chi connectivity index (χ3n) is 6.25. The topological polar surface area (TPSA) is 12.5 Å². The predicted molar refractivity (Wildman–Crippen MR) is 86.0 cm³/mol. The summed E-state index contributed by atoms with van der Waals surface area (Å²) < 4.78 is 43.0. The second kappa shape index (κ2) is 5.01. The Hall–Kier alpha value is -1.02. The van der Waals surface area contributed by atoms with E-state index in [1.165, 1.54) is 36.8 Å². The van der Waals surface area contributed by atoms with Gasteiger partial charge in [-0.3, -0.25) is 0 Å². The molecule has 2 bridgehead atoms. The first-order chi connectivity index (χ1) is 12.1. The molecule has 3 aliphatic rings.